The van der Waals surface area contributed by atoms with Gasteiger partial charge in [0.15, 0.2) is 11.5 Å². The molecule has 0 bridgehead atoms. The van der Waals surface area contributed by atoms with Gasteiger partial charge in [-0.05, 0) is 41.0 Å². The van der Waals surface area contributed by atoms with E-state index in [2.05, 4.69) is 20.3 Å². The summed E-state index contributed by atoms with van der Waals surface area (Å²) in [4.78, 5) is 42.0. The van der Waals surface area contributed by atoms with Gasteiger partial charge in [0.05, 0.1) is 24.0 Å². The highest BCUT2D eigenvalue weighted by Crippen LogP contribution is 2.25. The number of pyridine rings is 1. The Morgan fingerprint density at radius 1 is 1.27 bits per heavy atom. The third kappa shape index (κ3) is 5.89. The summed E-state index contributed by atoms with van der Waals surface area (Å²) < 4.78 is 27.1. The number of carbonyl (C=O) groups excluding carboxylic acids is 2. The second kappa shape index (κ2) is 10.2. The minimum Gasteiger partial charge on any atom is -0.477 e. The van der Waals surface area contributed by atoms with E-state index in [-0.39, 0.29) is 41.5 Å². The zero-order valence-electron chi connectivity index (χ0n) is 21.9. The minimum atomic E-state index is -0.579. The van der Waals surface area contributed by atoms with E-state index in [0.29, 0.717) is 31.2 Å². The van der Waals surface area contributed by atoms with Crippen LogP contribution in [0.5, 0.6) is 5.88 Å². The maximum atomic E-state index is 14.4. The summed E-state index contributed by atoms with van der Waals surface area (Å²) in [5, 5.41) is 2.68. The summed E-state index contributed by atoms with van der Waals surface area (Å²) in [6.45, 7) is 10.5. The van der Waals surface area contributed by atoms with E-state index in [1.165, 1.54) is 16.7 Å². The summed E-state index contributed by atoms with van der Waals surface area (Å²) in [5.41, 5.74) is 0.636. The monoisotopic (exact) mass is 513 g/mol. The summed E-state index contributed by atoms with van der Waals surface area (Å²) in [5.74, 6) is -0.576. The molecule has 37 heavy (non-hydrogen) atoms. The Kier molecular flexibility index (Phi) is 7.19. The summed E-state index contributed by atoms with van der Waals surface area (Å²) in [7, 11) is 1.72. The molecule has 1 aliphatic heterocycles. The van der Waals surface area contributed by atoms with Crippen LogP contribution in [0.3, 0.4) is 0 Å². The molecule has 0 aliphatic carbocycles. The molecule has 0 radical (unpaired) electrons. The Balaban J connectivity index is 1.49. The van der Waals surface area contributed by atoms with E-state index in [1.54, 1.807) is 38.2 Å². The van der Waals surface area contributed by atoms with Gasteiger partial charge in [0.25, 0.3) is 5.91 Å². The Bertz CT molecular complexity index is 1320. The summed E-state index contributed by atoms with van der Waals surface area (Å²) in [6.07, 6.45) is 4.97. The average molecular weight is 514 g/mol. The average Bonchev–Trinajstić information content (AvgIpc) is 3.44. The molecule has 1 N–H and O–H groups in total. The number of fused-ring (bicyclic) bond motifs is 1. The van der Waals surface area contributed by atoms with Crippen molar-refractivity contribution in [2.24, 2.45) is 0 Å². The first kappa shape index (κ1) is 26.1. The van der Waals surface area contributed by atoms with Crippen molar-refractivity contribution >= 4 is 29.3 Å². The number of hydrogen-bond acceptors (Lipinski definition) is 8. The number of nitrogens with one attached hydrogen (secondary N) is 1. The van der Waals surface area contributed by atoms with Crippen LogP contribution < -0.4 is 15.0 Å². The normalized spacial score (nSPS) is 15.6. The smallest absolute Gasteiger partial charge is 0.410 e. The lowest BCUT2D eigenvalue weighted by molar-refractivity contribution is 0.0237. The second-order valence-corrected chi connectivity index (χ2v) is 9.95. The van der Waals surface area contributed by atoms with Gasteiger partial charge in [0, 0.05) is 44.8 Å². The predicted molar refractivity (Wildman–Crippen MR) is 136 cm³/mol. The van der Waals surface area contributed by atoms with Crippen LogP contribution in [0, 0.1) is 12.7 Å². The van der Waals surface area contributed by atoms with Gasteiger partial charge in [-0.3, -0.25) is 4.79 Å². The van der Waals surface area contributed by atoms with Crippen molar-refractivity contribution in [3.63, 3.8) is 0 Å². The van der Waals surface area contributed by atoms with Crippen LogP contribution in [0.1, 0.15) is 50.2 Å². The Morgan fingerprint density at radius 3 is 2.73 bits per heavy atom. The summed E-state index contributed by atoms with van der Waals surface area (Å²) >= 11 is 0. The number of aromatic nitrogens is 4. The van der Waals surface area contributed by atoms with Crippen molar-refractivity contribution < 1.29 is 23.5 Å². The third-order valence-corrected chi connectivity index (χ3v) is 5.83. The van der Waals surface area contributed by atoms with Gasteiger partial charge in [-0.1, -0.05) is 0 Å². The van der Waals surface area contributed by atoms with Crippen molar-refractivity contribution in [1.29, 1.82) is 0 Å². The molecule has 1 fully saturated rings. The molecule has 12 heteroatoms. The molecule has 0 unspecified atom stereocenters. The SMILES string of the molecule is CCOc1nc(N2CC[C@H](N(C)C(=O)OC(C)(C)C)C2)ncc1C(=O)Nc1cc(F)c2nc(C)cn2c1. The molecule has 0 saturated carbocycles. The molecule has 198 valence electrons. The van der Waals surface area contributed by atoms with E-state index in [0.717, 1.165) is 0 Å². The van der Waals surface area contributed by atoms with Crippen molar-refractivity contribution in [3.05, 3.63) is 41.7 Å². The number of nitrogens with zero attached hydrogens (tertiary/aromatic N) is 6. The molecular formula is C25H32FN7O4. The lowest BCUT2D eigenvalue weighted by atomic mass is 10.2. The van der Waals surface area contributed by atoms with Gasteiger partial charge in [0.1, 0.15) is 11.2 Å². The quantitative estimate of drug-likeness (QED) is 0.531. The van der Waals surface area contributed by atoms with Gasteiger partial charge in [-0.15, -0.1) is 0 Å². The first-order valence-electron chi connectivity index (χ1n) is 12.1. The molecule has 1 aliphatic rings. The standard InChI is InChI=1S/C25H32FN7O4/c1-7-36-22-18(21(34)29-16-10-19(26)20-28-15(2)12-33(20)13-16)11-27-23(30-22)32-9-8-17(14-32)31(6)24(35)37-25(3,4)5/h10-13,17H,7-9,14H2,1-6H3,(H,29,34)/t17-/m0/s1. The second-order valence-electron chi connectivity index (χ2n) is 9.95. The first-order chi connectivity index (χ1) is 17.4. The minimum absolute atomic E-state index is 0.0754. The van der Waals surface area contributed by atoms with E-state index in [4.69, 9.17) is 9.47 Å². The van der Waals surface area contributed by atoms with Crippen LogP contribution in [0.15, 0.2) is 24.7 Å². The molecular weight excluding hydrogens is 481 g/mol. The number of halogens is 1. The maximum absolute atomic E-state index is 14.4. The number of amides is 2. The molecule has 0 spiro atoms. The number of anilines is 2. The zero-order chi connectivity index (χ0) is 26.9. The Hall–Kier alpha value is -3.96. The van der Waals surface area contributed by atoms with Gasteiger partial charge in [-0.25, -0.2) is 19.2 Å². The fourth-order valence-corrected chi connectivity index (χ4v) is 4.08. The van der Waals surface area contributed by atoms with Crippen LogP contribution in [0.2, 0.25) is 0 Å². The van der Waals surface area contributed by atoms with Crippen molar-refractivity contribution in [2.45, 2.75) is 52.7 Å². The fourth-order valence-electron chi connectivity index (χ4n) is 4.08. The number of rotatable bonds is 6. The zero-order valence-corrected chi connectivity index (χ0v) is 21.9. The van der Waals surface area contributed by atoms with Crippen LogP contribution in [0.25, 0.3) is 5.65 Å². The lowest BCUT2D eigenvalue weighted by Crippen LogP contribution is -2.42. The highest BCUT2D eigenvalue weighted by molar-refractivity contribution is 6.05. The number of hydrogen-bond donors (Lipinski definition) is 1. The highest BCUT2D eigenvalue weighted by atomic mass is 19.1. The number of ether oxygens (including phenoxy) is 2. The predicted octanol–water partition coefficient (Wildman–Crippen LogP) is 3.67. The molecule has 4 rings (SSSR count). The van der Waals surface area contributed by atoms with E-state index in [9.17, 15) is 14.0 Å². The number of aryl methyl sites for hydroxylation is 1. The van der Waals surface area contributed by atoms with Gasteiger partial charge in [0.2, 0.25) is 11.8 Å². The Labute approximate surface area is 214 Å². The number of likely N-dealkylation sites (N-methyl/N-ethyl adjacent to an activating group) is 1. The highest BCUT2D eigenvalue weighted by Gasteiger charge is 2.32. The number of imidazole rings is 1. The molecule has 4 heterocycles. The summed E-state index contributed by atoms with van der Waals surface area (Å²) in [6, 6.07) is 1.13. The molecule has 11 nitrogen and oxygen atoms in total. The molecule has 0 aromatic carbocycles. The largest absolute Gasteiger partial charge is 0.477 e. The first-order valence-corrected chi connectivity index (χ1v) is 12.1. The van der Waals surface area contributed by atoms with E-state index < -0.39 is 17.3 Å². The van der Waals surface area contributed by atoms with Crippen LogP contribution >= 0.6 is 0 Å². The molecule has 3 aromatic rings. The van der Waals surface area contributed by atoms with Gasteiger partial charge in [-0.2, -0.15) is 4.98 Å². The van der Waals surface area contributed by atoms with Crippen molar-refractivity contribution in [3.8, 4) is 5.88 Å². The van der Waals surface area contributed by atoms with Crippen LogP contribution in [-0.2, 0) is 4.74 Å². The molecule has 1 saturated heterocycles. The van der Waals surface area contributed by atoms with E-state index >= 15 is 0 Å². The van der Waals surface area contributed by atoms with Crippen LogP contribution in [0.4, 0.5) is 20.8 Å². The van der Waals surface area contributed by atoms with E-state index in [1.807, 2.05) is 25.7 Å². The fraction of sp³-hybridized carbons (Fsp3) is 0.480. The van der Waals surface area contributed by atoms with Gasteiger partial charge < -0.3 is 29.0 Å². The van der Waals surface area contributed by atoms with Gasteiger partial charge >= 0.3 is 6.09 Å². The molecule has 3 aromatic heterocycles. The van der Waals surface area contributed by atoms with Crippen molar-refractivity contribution in [1.82, 2.24) is 24.3 Å². The van der Waals surface area contributed by atoms with Crippen LogP contribution in [-0.4, -0.2) is 74.6 Å². The molecule has 1 atom stereocenters. The molecule has 2 amide bonds. The number of carbonyl (C=O) groups is 2. The van der Waals surface area contributed by atoms with Crippen molar-refractivity contribution in [2.75, 3.05) is 37.0 Å². The lowest BCUT2D eigenvalue weighted by Gasteiger charge is -2.28. The Morgan fingerprint density at radius 2 is 2.03 bits per heavy atom. The maximum Gasteiger partial charge on any atom is 0.410 e. The topological polar surface area (TPSA) is 114 Å². The third-order valence-electron chi connectivity index (χ3n) is 5.83.